The molecule has 0 saturated heterocycles. The van der Waals surface area contributed by atoms with Gasteiger partial charge in [-0.25, -0.2) is 18.7 Å². The third-order valence-corrected chi connectivity index (χ3v) is 4.63. The lowest BCUT2D eigenvalue weighted by atomic mass is 10.1. The van der Waals surface area contributed by atoms with Crippen molar-refractivity contribution < 1.29 is 26.7 Å². The summed E-state index contributed by atoms with van der Waals surface area (Å²) >= 11 is 0. The van der Waals surface area contributed by atoms with Crippen molar-refractivity contribution in [2.45, 2.75) is 12.6 Å². The number of alkyl halides is 3. The number of anilines is 1. The zero-order valence-corrected chi connectivity index (χ0v) is 16.3. The quantitative estimate of drug-likeness (QED) is 0.381. The molecule has 0 atom stereocenters. The van der Waals surface area contributed by atoms with Gasteiger partial charge in [-0.15, -0.1) is 0 Å². The minimum Gasteiger partial charge on any atom is -0.457 e. The summed E-state index contributed by atoms with van der Waals surface area (Å²) < 4.78 is 72.5. The Labute approximate surface area is 178 Å². The number of hydrogen-bond acceptors (Lipinski definition) is 5. The molecule has 4 rings (SSSR count). The Bertz CT molecular complexity index is 1250. The summed E-state index contributed by atoms with van der Waals surface area (Å²) in [5, 5.41) is 2.93. The molecule has 164 valence electrons. The molecule has 1 N–H and O–H groups in total. The Kier molecular flexibility index (Phi) is 5.85. The molecule has 2 heterocycles. The highest BCUT2D eigenvalue weighted by Gasteiger charge is 2.34. The average Bonchev–Trinajstić information content (AvgIpc) is 2.77. The summed E-state index contributed by atoms with van der Waals surface area (Å²) in [5.74, 6) is -1.22. The third kappa shape index (κ3) is 4.58. The lowest BCUT2D eigenvalue weighted by Gasteiger charge is -2.13. The van der Waals surface area contributed by atoms with Gasteiger partial charge < -0.3 is 10.1 Å². The number of fused-ring (bicyclic) bond motifs is 1. The van der Waals surface area contributed by atoms with Crippen molar-refractivity contribution in [2.75, 3.05) is 11.9 Å². The van der Waals surface area contributed by atoms with Crippen molar-refractivity contribution in [1.82, 2.24) is 15.0 Å². The molecule has 0 aliphatic carbocycles. The number of benzene rings is 2. The number of ether oxygens (including phenoxy) is 1. The van der Waals surface area contributed by atoms with Crippen molar-refractivity contribution in [2.24, 2.45) is 0 Å². The molecule has 0 amide bonds. The second-order valence-electron chi connectivity index (χ2n) is 6.77. The van der Waals surface area contributed by atoms with Gasteiger partial charge in [0.2, 0.25) is 0 Å². The van der Waals surface area contributed by atoms with Crippen molar-refractivity contribution in [3.63, 3.8) is 0 Å². The SMILES string of the molecule is Fc1ccc(F)c2c(NCCc3ccc(Oc4ccncc4C(F)(F)F)cc3)ncnc12. The summed E-state index contributed by atoms with van der Waals surface area (Å²) in [5.41, 5.74) is -0.229. The smallest absolute Gasteiger partial charge is 0.421 e. The van der Waals surface area contributed by atoms with E-state index in [-0.39, 0.29) is 28.2 Å². The Morgan fingerprint density at radius 3 is 2.41 bits per heavy atom. The molecule has 0 aliphatic rings. The minimum atomic E-state index is -4.58. The summed E-state index contributed by atoms with van der Waals surface area (Å²) in [4.78, 5) is 11.3. The van der Waals surface area contributed by atoms with Gasteiger partial charge in [0, 0.05) is 18.9 Å². The van der Waals surface area contributed by atoms with Gasteiger partial charge in [-0.05, 0) is 42.3 Å². The molecule has 0 spiro atoms. The molecule has 0 saturated carbocycles. The molecule has 10 heteroatoms. The first-order chi connectivity index (χ1) is 15.3. The number of nitrogens with one attached hydrogen (secondary N) is 1. The van der Waals surface area contributed by atoms with E-state index in [1.165, 1.54) is 6.20 Å². The van der Waals surface area contributed by atoms with Crippen LogP contribution in [0.25, 0.3) is 10.9 Å². The molecular weight excluding hydrogens is 431 g/mol. The van der Waals surface area contributed by atoms with Crippen LogP contribution in [0.4, 0.5) is 27.8 Å². The van der Waals surface area contributed by atoms with Gasteiger partial charge in [0.05, 0.1) is 5.39 Å². The van der Waals surface area contributed by atoms with E-state index in [1.54, 1.807) is 24.3 Å². The lowest BCUT2D eigenvalue weighted by Crippen LogP contribution is -2.08. The molecule has 5 nitrogen and oxygen atoms in total. The topological polar surface area (TPSA) is 59.9 Å². The van der Waals surface area contributed by atoms with Gasteiger partial charge in [-0.2, -0.15) is 13.2 Å². The fourth-order valence-electron chi connectivity index (χ4n) is 3.10. The van der Waals surface area contributed by atoms with Crippen molar-refractivity contribution in [3.05, 3.63) is 83.9 Å². The van der Waals surface area contributed by atoms with E-state index in [9.17, 15) is 22.0 Å². The molecule has 0 radical (unpaired) electrons. The number of hydrogen-bond donors (Lipinski definition) is 1. The van der Waals surface area contributed by atoms with E-state index in [0.717, 1.165) is 30.1 Å². The Morgan fingerprint density at radius 2 is 1.66 bits per heavy atom. The van der Waals surface area contributed by atoms with Gasteiger partial charge in [0.1, 0.15) is 46.4 Å². The van der Waals surface area contributed by atoms with Gasteiger partial charge in [0.25, 0.3) is 0 Å². The minimum absolute atomic E-state index is 0.0333. The predicted octanol–water partition coefficient (Wildman–Crippen LogP) is 5.77. The fourth-order valence-corrected chi connectivity index (χ4v) is 3.10. The number of nitrogens with zero attached hydrogens (tertiary/aromatic N) is 3. The van der Waals surface area contributed by atoms with Gasteiger partial charge in [-0.1, -0.05) is 12.1 Å². The number of aromatic nitrogens is 3. The fraction of sp³-hybridized carbons (Fsp3) is 0.136. The maximum atomic E-state index is 14.1. The van der Waals surface area contributed by atoms with Crippen molar-refractivity contribution in [1.29, 1.82) is 0 Å². The Morgan fingerprint density at radius 1 is 0.906 bits per heavy atom. The van der Waals surface area contributed by atoms with Crippen LogP contribution in [0, 0.1) is 11.6 Å². The van der Waals surface area contributed by atoms with Crippen LogP contribution < -0.4 is 10.1 Å². The monoisotopic (exact) mass is 446 g/mol. The molecule has 0 aliphatic heterocycles. The van der Waals surface area contributed by atoms with E-state index in [0.29, 0.717) is 19.2 Å². The zero-order chi connectivity index (χ0) is 22.7. The molecule has 2 aromatic heterocycles. The predicted molar refractivity (Wildman–Crippen MR) is 107 cm³/mol. The van der Waals surface area contributed by atoms with E-state index >= 15 is 0 Å². The van der Waals surface area contributed by atoms with E-state index in [4.69, 9.17) is 4.74 Å². The normalized spacial score (nSPS) is 11.5. The second kappa shape index (κ2) is 8.74. The van der Waals surface area contributed by atoms with Crippen LogP contribution in [0.1, 0.15) is 11.1 Å². The lowest BCUT2D eigenvalue weighted by molar-refractivity contribution is -0.138. The zero-order valence-electron chi connectivity index (χ0n) is 16.3. The molecule has 2 aromatic carbocycles. The number of rotatable bonds is 6. The van der Waals surface area contributed by atoms with E-state index < -0.39 is 23.4 Å². The summed E-state index contributed by atoms with van der Waals surface area (Å²) in [6.07, 6.45) is -1.01. The van der Waals surface area contributed by atoms with E-state index in [1.807, 2.05) is 0 Å². The average molecular weight is 446 g/mol. The van der Waals surface area contributed by atoms with Crippen LogP contribution in [0.3, 0.4) is 0 Å². The summed E-state index contributed by atoms with van der Waals surface area (Å²) in [7, 11) is 0. The molecule has 4 aromatic rings. The summed E-state index contributed by atoms with van der Waals surface area (Å²) in [6.45, 7) is 0.352. The van der Waals surface area contributed by atoms with Crippen LogP contribution in [0.5, 0.6) is 11.5 Å². The molecule has 0 unspecified atom stereocenters. The maximum absolute atomic E-state index is 14.1. The Hall–Kier alpha value is -3.82. The van der Waals surface area contributed by atoms with Gasteiger partial charge in [-0.3, -0.25) is 4.98 Å². The standard InChI is InChI=1S/C22H15F5N4O/c23-16-5-6-17(24)20-19(16)21(31-12-30-20)29-10-7-13-1-3-14(4-2-13)32-18-8-9-28-11-15(18)22(25,26)27/h1-6,8-9,11-12H,7,10H2,(H,29,30,31). The van der Waals surface area contributed by atoms with Crippen LogP contribution in [0.2, 0.25) is 0 Å². The highest BCUT2D eigenvalue weighted by Crippen LogP contribution is 2.37. The van der Waals surface area contributed by atoms with Crippen LogP contribution in [-0.2, 0) is 12.6 Å². The third-order valence-electron chi connectivity index (χ3n) is 4.63. The molecular formula is C22H15F5N4O. The van der Waals surface area contributed by atoms with Crippen LogP contribution >= 0.6 is 0 Å². The van der Waals surface area contributed by atoms with Gasteiger partial charge >= 0.3 is 6.18 Å². The maximum Gasteiger partial charge on any atom is 0.421 e. The van der Waals surface area contributed by atoms with E-state index in [2.05, 4.69) is 20.3 Å². The van der Waals surface area contributed by atoms with Crippen LogP contribution in [-0.4, -0.2) is 21.5 Å². The first-order valence-corrected chi connectivity index (χ1v) is 9.43. The second-order valence-corrected chi connectivity index (χ2v) is 6.77. The first kappa shape index (κ1) is 21.4. The van der Waals surface area contributed by atoms with Crippen molar-refractivity contribution in [3.8, 4) is 11.5 Å². The summed E-state index contributed by atoms with van der Waals surface area (Å²) in [6, 6.07) is 9.65. The number of halogens is 5. The largest absolute Gasteiger partial charge is 0.457 e. The molecule has 0 fully saturated rings. The van der Waals surface area contributed by atoms with Gasteiger partial charge in [0.15, 0.2) is 0 Å². The van der Waals surface area contributed by atoms with Crippen LogP contribution in [0.15, 0.2) is 61.2 Å². The molecule has 32 heavy (non-hydrogen) atoms. The number of pyridine rings is 1. The first-order valence-electron chi connectivity index (χ1n) is 9.43. The molecule has 0 bridgehead atoms. The van der Waals surface area contributed by atoms with Crippen molar-refractivity contribution >= 4 is 16.7 Å². The highest BCUT2D eigenvalue weighted by atomic mass is 19.4. The highest BCUT2D eigenvalue weighted by molar-refractivity contribution is 5.89. The Balaban J connectivity index is 1.42.